The number of carbonyl (C=O) groups is 2. The average molecular weight is 909 g/mol. The molecule has 19 heteroatoms. The van der Waals surface area contributed by atoms with E-state index in [0.29, 0.717) is 40.3 Å². The first kappa shape index (κ1) is 43.1. The third-order valence-corrected chi connectivity index (χ3v) is 16.0. The van der Waals surface area contributed by atoms with Crippen molar-refractivity contribution in [3.8, 4) is 17.6 Å². The minimum atomic E-state index is -4.04. The quantitative estimate of drug-likeness (QED) is 0.147. The number of nitriles is 1. The number of urea groups is 1. The molecule has 0 radical (unpaired) electrons. The van der Waals surface area contributed by atoms with Gasteiger partial charge in [0.05, 0.1) is 34.0 Å². The molecule has 0 bridgehead atoms. The number of nitrogens with one attached hydrogen (secondary N) is 2. The third-order valence-electron chi connectivity index (χ3n) is 14.5. The molecular formula is C46H50F2N10O6S. The van der Waals surface area contributed by atoms with Crippen molar-refractivity contribution in [3.63, 3.8) is 0 Å². The van der Waals surface area contributed by atoms with Crippen molar-refractivity contribution < 1.29 is 36.3 Å². The molecular weight excluding hydrogens is 859 g/mol. The summed E-state index contributed by atoms with van der Waals surface area (Å²) in [4.78, 5) is 37.9. The molecule has 2 saturated carbocycles. The van der Waals surface area contributed by atoms with Gasteiger partial charge in [0.25, 0.3) is 0 Å². The van der Waals surface area contributed by atoms with E-state index in [9.17, 15) is 23.3 Å². The molecule has 5 fully saturated rings. The van der Waals surface area contributed by atoms with E-state index < -0.39 is 27.8 Å². The van der Waals surface area contributed by atoms with Crippen LogP contribution in [0.15, 0.2) is 48.7 Å². The van der Waals surface area contributed by atoms with Crippen molar-refractivity contribution in [1.82, 2.24) is 34.3 Å². The van der Waals surface area contributed by atoms with Crippen molar-refractivity contribution in [2.75, 3.05) is 49.5 Å². The zero-order chi connectivity index (χ0) is 45.2. The number of aromatic nitrogens is 4. The van der Waals surface area contributed by atoms with Crippen LogP contribution < -0.4 is 19.7 Å². The Bertz CT molecular complexity index is 2860. The first-order valence-electron chi connectivity index (χ1n) is 22.3. The van der Waals surface area contributed by atoms with Crippen LogP contribution in [0, 0.1) is 28.4 Å². The predicted molar refractivity (Wildman–Crippen MR) is 237 cm³/mol. The van der Waals surface area contributed by atoms with Gasteiger partial charge in [-0.05, 0) is 124 Å². The smallest absolute Gasteiger partial charge is 0.329 e. The summed E-state index contributed by atoms with van der Waals surface area (Å²) in [6.07, 6.45) is 10.3. The Balaban J connectivity index is 0.746. The highest BCUT2D eigenvalue weighted by atomic mass is 32.2. The van der Waals surface area contributed by atoms with Crippen LogP contribution >= 0.6 is 0 Å². The van der Waals surface area contributed by atoms with Gasteiger partial charge >= 0.3 is 16.2 Å². The van der Waals surface area contributed by atoms with Crippen LogP contribution in [0.1, 0.15) is 92.9 Å². The molecule has 3 aromatic carbocycles. The number of piperidine rings is 1. The van der Waals surface area contributed by atoms with Crippen LogP contribution in [0.3, 0.4) is 0 Å². The number of aryl methyl sites for hydroxylation is 1. The number of hydrogen-bond acceptors (Lipinski definition) is 11. The van der Waals surface area contributed by atoms with E-state index >= 15 is 8.78 Å². The van der Waals surface area contributed by atoms with E-state index in [1.165, 1.54) is 28.4 Å². The Morgan fingerprint density at radius 1 is 0.938 bits per heavy atom. The minimum Gasteiger partial charge on any atom is -0.453 e. The van der Waals surface area contributed by atoms with Gasteiger partial charge in [-0.25, -0.2) is 18.6 Å². The normalized spacial score (nSPS) is 23.2. The van der Waals surface area contributed by atoms with E-state index in [-0.39, 0.29) is 78.1 Å². The van der Waals surface area contributed by atoms with Crippen LogP contribution in [0.4, 0.5) is 25.1 Å². The highest BCUT2D eigenvalue weighted by Gasteiger charge is 2.48. The number of ether oxygens (including phenoxy) is 2. The molecule has 5 heterocycles. The fourth-order valence-corrected chi connectivity index (χ4v) is 12.1. The lowest BCUT2D eigenvalue weighted by molar-refractivity contribution is -0.120. The van der Waals surface area contributed by atoms with E-state index in [1.807, 2.05) is 18.3 Å². The van der Waals surface area contributed by atoms with Crippen LogP contribution in [0.5, 0.6) is 11.5 Å². The fraction of sp³-hybridized carbons (Fsp3) is 0.478. The number of benzene rings is 3. The SMILES string of the molecule is CO[C@H]1CCN(S(=O)(=O)Nc2ccc(F)c(Oc3ccc4ncc(C5CC6(CCN(C7CCC(c8cc9c(cc8F)c(N8CCC(=O)NC8=O)nn9C)CC7)CC6)C5)nc4c3)c2C#N)C1. The number of rotatable bonds is 10. The number of halogens is 2. The predicted octanol–water partition coefficient (Wildman–Crippen LogP) is 6.97. The first-order valence-corrected chi connectivity index (χ1v) is 23.7. The number of likely N-dealkylation sites (tertiary alicyclic amines) is 1. The lowest BCUT2D eigenvalue weighted by Crippen LogP contribution is -2.50. The molecule has 3 amide bonds. The second-order valence-electron chi connectivity index (χ2n) is 18.3. The molecule has 2 aliphatic carbocycles. The third kappa shape index (κ3) is 8.14. The summed E-state index contributed by atoms with van der Waals surface area (Å²) in [5, 5.41) is 17.5. The largest absolute Gasteiger partial charge is 0.453 e. The first-order chi connectivity index (χ1) is 31.3. The van der Waals surface area contributed by atoms with Gasteiger partial charge in [0.15, 0.2) is 17.4 Å². The second-order valence-corrected chi connectivity index (χ2v) is 20.0. The highest BCUT2D eigenvalue weighted by Crippen LogP contribution is 2.57. The zero-order valence-electron chi connectivity index (χ0n) is 36.2. The summed E-state index contributed by atoms with van der Waals surface area (Å²) in [5.41, 5.74) is 3.41. The molecule has 2 N–H and O–H groups in total. The Hall–Kier alpha value is -5.81. The molecule has 2 aromatic heterocycles. The maximum absolute atomic E-state index is 15.8. The summed E-state index contributed by atoms with van der Waals surface area (Å²) in [6.45, 7) is 2.66. The molecule has 3 aliphatic heterocycles. The number of anilines is 2. The van der Waals surface area contributed by atoms with E-state index in [1.54, 1.807) is 29.9 Å². The Kier molecular flexibility index (Phi) is 11.2. The van der Waals surface area contributed by atoms with Gasteiger partial charge in [0.1, 0.15) is 23.2 Å². The summed E-state index contributed by atoms with van der Waals surface area (Å²) >= 11 is 0. The fourth-order valence-electron chi connectivity index (χ4n) is 10.8. The Labute approximate surface area is 375 Å². The number of nitrogens with zero attached hydrogens (tertiary/aromatic N) is 8. The molecule has 5 aromatic rings. The number of fused-ring (bicyclic) bond motifs is 2. The molecule has 3 saturated heterocycles. The van der Waals surface area contributed by atoms with Gasteiger partial charge in [-0.2, -0.15) is 23.1 Å². The van der Waals surface area contributed by atoms with Crippen molar-refractivity contribution in [2.24, 2.45) is 12.5 Å². The standard InChI is InChI=1S/C46H50F2N10O6S/c1-55-41-21-32(36(48)20-33(41)44(53-55)58-16-12-42(59)52-45(58)60)27-3-5-29(6-4-27)56-17-13-46(14-18-56)22-28(23-46)40-25-50-38-9-7-30(19-39(38)51-40)64-43-34(24-49)37(10-8-35(43)47)54-65(61,62)57-15-11-31(26-57)63-2/h7-10,19-21,25,27-29,31,54H,3-6,11-18,22-23,26H2,1-2H3,(H,52,59,60)/t27?,29?,31-/m0/s1. The van der Waals surface area contributed by atoms with Gasteiger partial charge in [-0.15, -0.1) is 0 Å². The maximum Gasteiger partial charge on any atom is 0.329 e. The van der Waals surface area contributed by atoms with Gasteiger partial charge in [0, 0.05) is 69.8 Å². The van der Waals surface area contributed by atoms with Gasteiger partial charge < -0.3 is 14.4 Å². The summed E-state index contributed by atoms with van der Waals surface area (Å²) < 4.78 is 73.9. The minimum absolute atomic E-state index is 0.0962. The number of amides is 3. The van der Waals surface area contributed by atoms with Gasteiger partial charge in [0.2, 0.25) is 5.91 Å². The summed E-state index contributed by atoms with van der Waals surface area (Å²) in [7, 11) is -0.730. The molecule has 1 atom stereocenters. The van der Waals surface area contributed by atoms with E-state index in [0.717, 1.165) is 81.7 Å². The van der Waals surface area contributed by atoms with Crippen LogP contribution in [-0.2, 0) is 26.8 Å². The summed E-state index contributed by atoms with van der Waals surface area (Å²) in [6, 6.07) is 12.5. The molecule has 0 unspecified atom stereocenters. The van der Waals surface area contributed by atoms with E-state index in [2.05, 4.69) is 25.0 Å². The molecule has 65 heavy (non-hydrogen) atoms. The molecule has 340 valence electrons. The maximum atomic E-state index is 15.8. The van der Waals surface area contributed by atoms with Crippen molar-refractivity contribution in [2.45, 2.75) is 88.2 Å². The van der Waals surface area contributed by atoms with Gasteiger partial charge in [-0.1, -0.05) is 0 Å². The number of hydrogen-bond donors (Lipinski definition) is 2. The van der Waals surface area contributed by atoms with Gasteiger partial charge in [-0.3, -0.25) is 29.4 Å². The number of carbonyl (C=O) groups excluding carboxylic acids is 2. The topological polar surface area (TPSA) is 188 Å². The van der Waals surface area contributed by atoms with Crippen molar-refractivity contribution in [3.05, 3.63) is 77.1 Å². The summed E-state index contributed by atoms with van der Waals surface area (Å²) in [5.74, 6) is -0.901. The van der Waals surface area contributed by atoms with Crippen molar-refractivity contribution >= 4 is 55.6 Å². The zero-order valence-corrected chi connectivity index (χ0v) is 37.0. The molecule has 16 nitrogen and oxygen atoms in total. The van der Waals surface area contributed by atoms with E-state index in [4.69, 9.17) is 14.5 Å². The van der Waals surface area contributed by atoms with Crippen LogP contribution in [0.2, 0.25) is 0 Å². The second kappa shape index (κ2) is 16.9. The van der Waals surface area contributed by atoms with Crippen molar-refractivity contribution in [1.29, 1.82) is 5.26 Å². The lowest BCUT2D eigenvalue weighted by Gasteiger charge is -2.53. The molecule has 10 rings (SSSR count). The van der Waals surface area contributed by atoms with Crippen LogP contribution in [0.25, 0.3) is 21.9 Å². The monoisotopic (exact) mass is 908 g/mol. The Morgan fingerprint density at radius 3 is 2.45 bits per heavy atom. The highest BCUT2D eigenvalue weighted by molar-refractivity contribution is 7.90. The molecule has 5 aliphatic rings. The average Bonchev–Trinajstić information content (AvgIpc) is 3.91. The number of imide groups is 1. The lowest BCUT2D eigenvalue weighted by atomic mass is 9.56. The molecule has 1 spiro atoms. The van der Waals surface area contributed by atoms with Crippen LogP contribution in [-0.4, -0.2) is 101 Å². The Morgan fingerprint density at radius 2 is 1.72 bits per heavy atom. The number of methoxy groups -OCH3 is 1.